The molecule has 1 unspecified atom stereocenters. The summed E-state index contributed by atoms with van der Waals surface area (Å²) in [5, 5.41) is 14.5. The normalized spacial score (nSPS) is 11.8. The average Bonchev–Trinajstić information content (AvgIpc) is 3.05. The third kappa shape index (κ3) is 8.47. The van der Waals surface area contributed by atoms with Crippen molar-refractivity contribution in [3.63, 3.8) is 0 Å². The first kappa shape index (κ1) is 35.4. The van der Waals surface area contributed by atoms with Gasteiger partial charge in [-0.1, -0.05) is 76.1 Å². The van der Waals surface area contributed by atoms with Crippen molar-refractivity contribution in [3.05, 3.63) is 127 Å². The second kappa shape index (κ2) is 15.4. The van der Waals surface area contributed by atoms with Gasteiger partial charge in [-0.05, 0) is 54.4 Å². The standard InChI is InChI=1S/C33H32BrClN4O7S/c1-22-12-14-27(19-28(22)39(42)43)47(44,45)38(29-18-26(35)13-15-31(29)46-3)21-32(40)37(20-24-10-7-11-25(34)16-24)30(33(41)36-2)17-23-8-5-4-6-9-23/h4-16,18-19,30H,17,20-21H2,1-3H3,(H,36,41). The molecule has 0 saturated heterocycles. The predicted molar refractivity (Wildman–Crippen MR) is 183 cm³/mol. The number of carbonyl (C=O) groups is 2. The second-order valence-electron chi connectivity index (χ2n) is 10.5. The van der Waals surface area contributed by atoms with E-state index in [0.717, 1.165) is 20.4 Å². The molecule has 4 aromatic rings. The Balaban J connectivity index is 1.88. The van der Waals surface area contributed by atoms with E-state index in [2.05, 4.69) is 21.2 Å². The highest BCUT2D eigenvalue weighted by Crippen LogP contribution is 2.36. The molecule has 0 spiro atoms. The first-order valence-electron chi connectivity index (χ1n) is 14.3. The molecule has 0 heterocycles. The molecule has 47 heavy (non-hydrogen) atoms. The largest absolute Gasteiger partial charge is 0.495 e. The summed E-state index contributed by atoms with van der Waals surface area (Å²) in [7, 11) is -1.87. The number of hydrogen-bond acceptors (Lipinski definition) is 7. The van der Waals surface area contributed by atoms with Crippen LogP contribution in [0.15, 0.2) is 100 Å². The van der Waals surface area contributed by atoms with E-state index < -0.39 is 49.9 Å². The van der Waals surface area contributed by atoms with Crippen LogP contribution >= 0.6 is 27.5 Å². The summed E-state index contributed by atoms with van der Waals surface area (Å²) >= 11 is 9.75. The minimum absolute atomic E-state index is 0.0419. The number of sulfonamides is 1. The third-order valence-corrected chi connectivity index (χ3v) is 9.90. The van der Waals surface area contributed by atoms with Crippen molar-refractivity contribution in [2.45, 2.75) is 30.8 Å². The number of nitrogens with one attached hydrogen (secondary N) is 1. The van der Waals surface area contributed by atoms with Gasteiger partial charge in [0.25, 0.3) is 15.7 Å². The number of likely N-dealkylation sites (N-methyl/N-ethyl adjacent to an activating group) is 1. The Morgan fingerprint density at radius 3 is 2.34 bits per heavy atom. The van der Waals surface area contributed by atoms with E-state index in [1.165, 1.54) is 56.3 Å². The van der Waals surface area contributed by atoms with E-state index in [-0.39, 0.29) is 35.0 Å². The van der Waals surface area contributed by atoms with Gasteiger partial charge in [-0.25, -0.2) is 8.42 Å². The van der Waals surface area contributed by atoms with Crippen molar-refractivity contribution >= 4 is 60.7 Å². The Hall–Kier alpha value is -4.46. The molecule has 14 heteroatoms. The molecule has 1 N–H and O–H groups in total. The van der Waals surface area contributed by atoms with Gasteiger partial charge in [0, 0.05) is 41.1 Å². The first-order chi connectivity index (χ1) is 22.3. The van der Waals surface area contributed by atoms with E-state index in [1.54, 1.807) is 18.2 Å². The molecular weight excluding hydrogens is 712 g/mol. The number of anilines is 1. The van der Waals surface area contributed by atoms with Gasteiger partial charge in [0.2, 0.25) is 11.8 Å². The lowest BCUT2D eigenvalue weighted by molar-refractivity contribution is -0.385. The number of nitrogens with zero attached hydrogens (tertiary/aromatic N) is 3. The number of aryl methyl sites for hydroxylation is 1. The number of methoxy groups -OCH3 is 1. The SMILES string of the molecule is CNC(=O)C(Cc1ccccc1)N(Cc1cccc(Br)c1)C(=O)CN(c1cc(Cl)ccc1OC)S(=O)(=O)c1ccc(C)c([N+](=O)[O-])c1. The highest BCUT2D eigenvalue weighted by Gasteiger charge is 2.36. The van der Waals surface area contributed by atoms with Crippen LogP contribution < -0.4 is 14.4 Å². The number of ether oxygens (including phenoxy) is 1. The molecule has 246 valence electrons. The lowest BCUT2D eigenvalue weighted by Gasteiger charge is -2.34. The summed E-state index contributed by atoms with van der Waals surface area (Å²) < 4.78 is 35.7. The zero-order valence-corrected chi connectivity index (χ0v) is 28.9. The molecule has 0 aliphatic heterocycles. The molecule has 0 fully saturated rings. The molecule has 0 radical (unpaired) electrons. The van der Waals surface area contributed by atoms with Crippen LogP contribution in [0.4, 0.5) is 11.4 Å². The van der Waals surface area contributed by atoms with Gasteiger partial charge in [0.15, 0.2) is 0 Å². The Morgan fingerprint density at radius 1 is 1.00 bits per heavy atom. The van der Waals surface area contributed by atoms with Crippen LogP contribution in [0.25, 0.3) is 0 Å². The smallest absolute Gasteiger partial charge is 0.273 e. The molecule has 0 saturated carbocycles. The summed E-state index contributed by atoms with van der Waals surface area (Å²) in [5.41, 5.74) is 1.24. The summed E-state index contributed by atoms with van der Waals surface area (Å²) in [6, 6.07) is 23.0. The molecule has 0 bridgehead atoms. The summed E-state index contributed by atoms with van der Waals surface area (Å²) in [4.78, 5) is 39.9. The highest BCUT2D eigenvalue weighted by atomic mass is 79.9. The van der Waals surface area contributed by atoms with Gasteiger partial charge in [0.05, 0.1) is 22.6 Å². The topological polar surface area (TPSA) is 139 Å². The molecule has 0 aliphatic carbocycles. The quantitative estimate of drug-likeness (QED) is 0.133. The number of hydrogen-bond donors (Lipinski definition) is 1. The molecule has 0 aromatic heterocycles. The van der Waals surface area contributed by atoms with Gasteiger partial charge in [-0.2, -0.15) is 0 Å². The first-order valence-corrected chi connectivity index (χ1v) is 16.9. The van der Waals surface area contributed by atoms with Gasteiger partial charge in [0.1, 0.15) is 18.3 Å². The summed E-state index contributed by atoms with van der Waals surface area (Å²) in [6.07, 6.45) is 0.137. The Bertz CT molecular complexity index is 1890. The van der Waals surface area contributed by atoms with Gasteiger partial charge < -0.3 is 15.0 Å². The lowest BCUT2D eigenvalue weighted by atomic mass is 10.0. The molecule has 1 atom stereocenters. The molecule has 4 rings (SSSR count). The van der Waals surface area contributed by atoms with Crippen molar-refractivity contribution in [2.24, 2.45) is 0 Å². The second-order valence-corrected chi connectivity index (χ2v) is 13.7. The number of amides is 2. The number of nitro groups is 1. The fraction of sp³-hybridized carbons (Fsp3) is 0.212. The van der Waals surface area contributed by atoms with Gasteiger partial charge >= 0.3 is 0 Å². The maximum absolute atomic E-state index is 14.5. The maximum Gasteiger partial charge on any atom is 0.273 e. The van der Waals surface area contributed by atoms with Crippen molar-refractivity contribution in [1.82, 2.24) is 10.2 Å². The monoisotopic (exact) mass is 742 g/mol. The zero-order chi connectivity index (χ0) is 34.3. The van der Waals surface area contributed by atoms with Crippen LogP contribution in [0.2, 0.25) is 5.02 Å². The summed E-state index contributed by atoms with van der Waals surface area (Å²) in [5.74, 6) is -1.10. The van der Waals surface area contributed by atoms with Crippen LogP contribution in [0, 0.1) is 17.0 Å². The van der Waals surface area contributed by atoms with E-state index in [4.69, 9.17) is 16.3 Å². The molecular formula is C33H32BrClN4O7S. The Morgan fingerprint density at radius 2 is 1.70 bits per heavy atom. The number of halogens is 2. The average molecular weight is 744 g/mol. The van der Waals surface area contributed by atoms with E-state index >= 15 is 0 Å². The summed E-state index contributed by atoms with van der Waals surface area (Å²) in [6.45, 7) is 0.651. The Kier molecular flexibility index (Phi) is 11.6. The van der Waals surface area contributed by atoms with Gasteiger partial charge in [-0.15, -0.1) is 0 Å². The van der Waals surface area contributed by atoms with Crippen molar-refractivity contribution < 1.29 is 27.7 Å². The third-order valence-electron chi connectivity index (χ3n) is 7.41. The van der Waals surface area contributed by atoms with Crippen molar-refractivity contribution in [2.75, 3.05) is 25.0 Å². The molecule has 0 aliphatic rings. The Labute approximate surface area is 286 Å². The van der Waals surface area contributed by atoms with Crippen LogP contribution in [0.5, 0.6) is 5.75 Å². The minimum Gasteiger partial charge on any atom is -0.495 e. The van der Waals surface area contributed by atoms with Crippen molar-refractivity contribution in [3.8, 4) is 5.75 Å². The number of rotatable bonds is 13. The maximum atomic E-state index is 14.5. The van der Waals surface area contributed by atoms with Gasteiger partial charge in [-0.3, -0.25) is 24.0 Å². The van der Waals surface area contributed by atoms with E-state index in [9.17, 15) is 28.1 Å². The molecule has 2 amide bonds. The van der Waals surface area contributed by atoms with Crippen LogP contribution in [-0.4, -0.2) is 56.8 Å². The number of benzene rings is 4. The number of nitro benzene ring substituents is 1. The van der Waals surface area contributed by atoms with Crippen molar-refractivity contribution in [1.29, 1.82) is 0 Å². The molecule has 11 nitrogen and oxygen atoms in total. The molecule has 4 aromatic carbocycles. The van der Waals surface area contributed by atoms with E-state index in [0.29, 0.717) is 5.56 Å². The predicted octanol–water partition coefficient (Wildman–Crippen LogP) is 5.91. The number of carbonyl (C=O) groups excluding carboxylic acids is 2. The minimum atomic E-state index is -4.66. The zero-order valence-electron chi connectivity index (χ0n) is 25.7. The highest BCUT2D eigenvalue weighted by molar-refractivity contribution is 9.10. The lowest BCUT2D eigenvalue weighted by Crippen LogP contribution is -2.53. The van der Waals surface area contributed by atoms with Crippen LogP contribution in [-0.2, 0) is 32.6 Å². The van der Waals surface area contributed by atoms with E-state index in [1.807, 2.05) is 36.4 Å². The van der Waals surface area contributed by atoms with Crippen LogP contribution in [0.1, 0.15) is 16.7 Å². The fourth-order valence-corrected chi connectivity index (χ4v) is 7.05. The van der Waals surface area contributed by atoms with Crippen LogP contribution in [0.3, 0.4) is 0 Å². The fourth-order valence-electron chi connectivity index (χ4n) is 5.00.